The highest BCUT2D eigenvalue weighted by atomic mass is 19.4. The van der Waals surface area contributed by atoms with Gasteiger partial charge in [0.15, 0.2) is 0 Å². The normalized spacial score (nSPS) is 11.2. The number of hydrogen-bond acceptors (Lipinski definition) is 3. The Hall–Kier alpha value is -3.35. The summed E-state index contributed by atoms with van der Waals surface area (Å²) >= 11 is 0. The van der Waals surface area contributed by atoms with Crippen LogP contribution in [0.3, 0.4) is 0 Å². The molecule has 3 aromatic rings. The molecule has 1 aromatic heterocycles. The standard InChI is InChI=1S/C20H16F3N3O/c21-20(22,23)17-5-1-3-13(7-17)10-26-19(27)16-8-15(11-25-12-16)14-4-2-6-18(24)9-14/h1-9,11-12H,10,24H2,(H,26,27). The van der Waals surface area contributed by atoms with E-state index in [1.165, 1.54) is 18.3 Å². The number of nitrogens with zero attached hydrogens (tertiary/aromatic N) is 1. The first-order valence-corrected chi connectivity index (χ1v) is 8.08. The number of pyridine rings is 1. The third kappa shape index (κ3) is 4.63. The van der Waals surface area contributed by atoms with Gasteiger partial charge in [0.25, 0.3) is 5.91 Å². The lowest BCUT2D eigenvalue weighted by Gasteiger charge is -2.10. The Bertz CT molecular complexity index is 970. The number of aromatic nitrogens is 1. The van der Waals surface area contributed by atoms with Crippen LogP contribution in [0.2, 0.25) is 0 Å². The summed E-state index contributed by atoms with van der Waals surface area (Å²) in [6.07, 6.45) is -1.41. The van der Waals surface area contributed by atoms with Crippen molar-refractivity contribution in [2.24, 2.45) is 0 Å². The zero-order valence-electron chi connectivity index (χ0n) is 14.1. The minimum absolute atomic E-state index is 0.0226. The van der Waals surface area contributed by atoms with E-state index in [2.05, 4.69) is 10.3 Å². The lowest BCUT2D eigenvalue weighted by molar-refractivity contribution is -0.137. The molecule has 0 aliphatic rings. The van der Waals surface area contributed by atoms with Gasteiger partial charge in [-0.05, 0) is 41.5 Å². The summed E-state index contributed by atoms with van der Waals surface area (Å²) < 4.78 is 38.3. The summed E-state index contributed by atoms with van der Waals surface area (Å²) in [4.78, 5) is 16.4. The van der Waals surface area contributed by atoms with Crippen molar-refractivity contribution in [3.8, 4) is 11.1 Å². The molecule has 0 radical (unpaired) electrons. The fourth-order valence-electron chi connectivity index (χ4n) is 2.58. The van der Waals surface area contributed by atoms with Crippen LogP contribution < -0.4 is 11.1 Å². The Balaban J connectivity index is 1.73. The minimum Gasteiger partial charge on any atom is -0.399 e. The molecule has 0 saturated heterocycles. The number of halogens is 3. The van der Waals surface area contributed by atoms with Crippen LogP contribution >= 0.6 is 0 Å². The highest BCUT2D eigenvalue weighted by Gasteiger charge is 2.30. The number of carbonyl (C=O) groups excluding carboxylic acids is 1. The molecular formula is C20H16F3N3O. The zero-order chi connectivity index (χ0) is 19.4. The van der Waals surface area contributed by atoms with Crippen molar-refractivity contribution in [1.82, 2.24) is 10.3 Å². The smallest absolute Gasteiger partial charge is 0.399 e. The molecule has 1 amide bonds. The highest BCUT2D eigenvalue weighted by Crippen LogP contribution is 2.29. The summed E-state index contributed by atoms with van der Waals surface area (Å²) in [5.74, 6) is -0.425. The van der Waals surface area contributed by atoms with E-state index in [0.29, 0.717) is 22.4 Å². The maximum Gasteiger partial charge on any atom is 0.416 e. The second-order valence-corrected chi connectivity index (χ2v) is 5.97. The molecule has 0 bridgehead atoms. The molecule has 0 spiro atoms. The first-order valence-electron chi connectivity index (χ1n) is 8.08. The average molecular weight is 371 g/mol. The van der Waals surface area contributed by atoms with E-state index in [0.717, 1.165) is 17.7 Å². The van der Waals surface area contributed by atoms with Gasteiger partial charge in [-0.15, -0.1) is 0 Å². The second-order valence-electron chi connectivity index (χ2n) is 5.97. The van der Waals surface area contributed by atoms with Crippen LogP contribution in [0.5, 0.6) is 0 Å². The van der Waals surface area contributed by atoms with E-state index in [9.17, 15) is 18.0 Å². The number of anilines is 1. The Morgan fingerprint density at radius 1 is 1.00 bits per heavy atom. The molecule has 0 atom stereocenters. The molecule has 0 fully saturated rings. The van der Waals surface area contributed by atoms with E-state index in [1.54, 1.807) is 30.5 Å². The van der Waals surface area contributed by atoms with E-state index in [1.807, 2.05) is 6.07 Å². The number of carbonyl (C=O) groups is 1. The number of alkyl halides is 3. The van der Waals surface area contributed by atoms with Crippen molar-refractivity contribution >= 4 is 11.6 Å². The second kappa shape index (κ2) is 7.49. The molecule has 2 aromatic carbocycles. The molecule has 0 saturated carbocycles. The molecule has 0 aliphatic heterocycles. The summed E-state index contributed by atoms with van der Waals surface area (Å²) in [5.41, 5.74) is 7.81. The summed E-state index contributed by atoms with van der Waals surface area (Å²) in [5, 5.41) is 2.61. The van der Waals surface area contributed by atoms with Crippen LogP contribution in [-0.4, -0.2) is 10.9 Å². The first-order chi connectivity index (χ1) is 12.8. The van der Waals surface area contributed by atoms with Crippen LogP contribution in [0.1, 0.15) is 21.5 Å². The molecule has 3 N–H and O–H groups in total. The van der Waals surface area contributed by atoms with E-state index >= 15 is 0 Å². The number of benzene rings is 2. The van der Waals surface area contributed by atoms with Crippen molar-refractivity contribution in [1.29, 1.82) is 0 Å². The number of nitrogen functional groups attached to an aromatic ring is 1. The molecule has 0 unspecified atom stereocenters. The van der Waals surface area contributed by atoms with Crippen molar-refractivity contribution < 1.29 is 18.0 Å². The number of hydrogen-bond donors (Lipinski definition) is 2. The fourth-order valence-corrected chi connectivity index (χ4v) is 2.58. The van der Waals surface area contributed by atoms with E-state index in [-0.39, 0.29) is 6.54 Å². The van der Waals surface area contributed by atoms with Crippen molar-refractivity contribution in [3.63, 3.8) is 0 Å². The van der Waals surface area contributed by atoms with Gasteiger partial charge in [0.05, 0.1) is 11.1 Å². The number of rotatable bonds is 4. The quantitative estimate of drug-likeness (QED) is 0.673. The molecule has 138 valence electrons. The van der Waals surface area contributed by atoms with Gasteiger partial charge in [0.2, 0.25) is 0 Å². The largest absolute Gasteiger partial charge is 0.416 e. The van der Waals surface area contributed by atoms with Gasteiger partial charge in [-0.1, -0.05) is 24.3 Å². The molecule has 3 rings (SSSR count). The fraction of sp³-hybridized carbons (Fsp3) is 0.100. The van der Waals surface area contributed by atoms with Crippen LogP contribution in [0, 0.1) is 0 Å². The van der Waals surface area contributed by atoms with Crippen molar-refractivity contribution in [2.75, 3.05) is 5.73 Å². The van der Waals surface area contributed by atoms with Gasteiger partial charge >= 0.3 is 6.18 Å². The number of nitrogens with one attached hydrogen (secondary N) is 1. The molecular weight excluding hydrogens is 355 g/mol. The third-order valence-electron chi connectivity index (χ3n) is 3.93. The van der Waals surface area contributed by atoms with E-state index < -0.39 is 17.6 Å². The molecule has 1 heterocycles. The Kier molecular flexibility index (Phi) is 5.12. The molecule has 4 nitrogen and oxygen atoms in total. The van der Waals surface area contributed by atoms with Gasteiger partial charge in [-0.3, -0.25) is 9.78 Å². The number of nitrogens with two attached hydrogens (primary N) is 1. The Morgan fingerprint density at radius 2 is 1.78 bits per heavy atom. The lowest BCUT2D eigenvalue weighted by atomic mass is 10.1. The van der Waals surface area contributed by atoms with Gasteiger partial charge in [-0.2, -0.15) is 13.2 Å². The Labute approximate surface area is 153 Å². The highest BCUT2D eigenvalue weighted by molar-refractivity contribution is 5.95. The molecule has 0 aliphatic carbocycles. The van der Waals surface area contributed by atoms with Crippen molar-refractivity contribution in [3.05, 3.63) is 83.7 Å². The van der Waals surface area contributed by atoms with Crippen molar-refractivity contribution in [2.45, 2.75) is 12.7 Å². The van der Waals surface area contributed by atoms with Gasteiger partial charge < -0.3 is 11.1 Å². The SMILES string of the molecule is Nc1cccc(-c2cncc(C(=O)NCc3cccc(C(F)(F)F)c3)c2)c1. The Morgan fingerprint density at radius 3 is 2.52 bits per heavy atom. The minimum atomic E-state index is -4.42. The summed E-state index contributed by atoms with van der Waals surface area (Å²) in [6.45, 7) is -0.0226. The maximum atomic E-state index is 12.8. The summed E-state index contributed by atoms with van der Waals surface area (Å²) in [6, 6.07) is 13.7. The van der Waals surface area contributed by atoms with Gasteiger partial charge in [0.1, 0.15) is 0 Å². The first kappa shape index (κ1) is 18.4. The predicted octanol–water partition coefficient (Wildman–Crippen LogP) is 4.28. The van der Waals surface area contributed by atoms with Crippen LogP contribution in [0.25, 0.3) is 11.1 Å². The van der Waals surface area contributed by atoms with Gasteiger partial charge in [0, 0.05) is 30.2 Å². The third-order valence-corrected chi connectivity index (χ3v) is 3.93. The maximum absolute atomic E-state index is 12.8. The topological polar surface area (TPSA) is 68.0 Å². The molecule has 7 heteroatoms. The zero-order valence-corrected chi connectivity index (χ0v) is 14.1. The average Bonchev–Trinajstić information content (AvgIpc) is 2.66. The summed E-state index contributed by atoms with van der Waals surface area (Å²) in [7, 11) is 0. The van der Waals surface area contributed by atoms with Gasteiger partial charge in [-0.25, -0.2) is 0 Å². The monoisotopic (exact) mass is 371 g/mol. The lowest BCUT2D eigenvalue weighted by Crippen LogP contribution is -2.23. The number of amides is 1. The van der Waals surface area contributed by atoms with Crippen LogP contribution in [0.15, 0.2) is 67.0 Å². The predicted molar refractivity (Wildman–Crippen MR) is 96.7 cm³/mol. The van der Waals surface area contributed by atoms with E-state index in [4.69, 9.17) is 5.73 Å². The molecule has 27 heavy (non-hydrogen) atoms. The van der Waals surface area contributed by atoms with Crippen LogP contribution in [-0.2, 0) is 12.7 Å². The van der Waals surface area contributed by atoms with Crippen LogP contribution in [0.4, 0.5) is 18.9 Å².